The Hall–Kier alpha value is -2.88. The Morgan fingerprint density at radius 3 is 1.97 bits per heavy atom. The summed E-state index contributed by atoms with van der Waals surface area (Å²) in [4.78, 5) is 27.3. The van der Waals surface area contributed by atoms with Gasteiger partial charge in [-0.25, -0.2) is 0 Å². The molecule has 198 valence electrons. The molecule has 0 aliphatic carbocycles. The molecule has 1 unspecified atom stereocenters. The van der Waals surface area contributed by atoms with Gasteiger partial charge in [0.15, 0.2) is 0 Å². The average molecular weight is 543 g/mol. The number of rotatable bonds is 4. The summed E-state index contributed by atoms with van der Waals surface area (Å²) in [5.41, 5.74) is 14.5. The summed E-state index contributed by atoms with van der Waals surface area (Å²) < 4.78 is 53.8. The molecule has 2 heterocycles. The zero-order valence-electron chi connectivity index (χ0n) is 20.2. The zero-order chi connectivity index (χ0) is 27.6. The van der Waals surface area contributed by atoms with Crippen LogP contribution in [-0.2, 0) is 27.3 Å². The van der Waals surface area contributed by atoms with Crippen LogP contribution in [0.3, 0.4) is 0 Å². The second-order valence-corrected chi connectivity index (χ2v) is 11.5. The van der Waals surface area contributed by atoms with Gasteiger partial charge in [0, 0.05) is 48.0 Å². The monoisotopic (exact) mass is 542 g/mol. The first kappa shape index (κ1) is 29.4. The van der Waals surface area contributed by atoms with Gasteiger partial charge in [-0.3, -0.25) is 23.6 Å². The highest BCUT2D eigenvalue weighted by Crippen LogP contribution is 2.36. The predicted molar refractivity (Wildman–Crippen MR) is 137 cm³/mol. The predicted octanol–water partition coefficient (Wildman–Crippen LogP) is 0.858. The van der Waals surface area contributed by atoms with E-state index in [2.05, 4.69) is 4.57 Å². The number of carbonyl (C=O) groups excluding carboxylic acids is 2. The van der Waals surface area contributed by atoms with Crippen LogP contribution in [0.2, 0.25) is 0 Å². The van der Waals surface area contributed by atoms with Gasteiger partial charge in [-0.2, -0.15) is 16.8 Å². The number of aryl methyl sites for hydroxylation is 1. The molecule has 2 atom stereocenters. The molecule has 14 heteroatoms. The van der Waals surface area contributed by atoms with Gasteiger partial charge in [-0.1, -0.05) is 25.1 Å². The molecule has 0 saturated carbocycles. The summed E-state index contributed by atoms with van der Waals surface area (Å²) in [6.45, 7) is 2.50. The number of hydrogen-bond acceptors (Lipinski definition) is 8. The average Bonchev–Trinajstić information content (AvgIpc) is 3.17. The fourth-order valence-corrected chi connectivity index (χ4v) is 3.85. The van der Waals surface area contributed by atoms with E-state index in [0.29, 0.717) is 30.2 Å². The molecule has 0 fully saturated rings. The highest BCUT2D eigenvalue weighted by Gasteiger charge is 2.39. The Morgan fingerprint density at radius 2 is 1.44 bits per heavy atom. The van der Waals surface area contributed by atoms with Crippen LogP contribution in [0.4, 0.5) is 0 Å². The third kappa shape index (κ3) is 7.09. The van der Waals surface area contributed by atoms with Crippen molar-refractivity contribution < 1.29 is 35.5 Å². The lowest BCUT2D eigenvalue weighted by Gasteiger charge is -2.23. The minimum Gasteiger partial charge on any atom is -0.344 e. The number of aromatic nitrogens is 1. The molecule has 4 rings (SSSR count). The Balaban J connectivity index is 0.000000389. The van der Waals surface area contributed by atoms with Gasteiger partial charge in [0.1, 0.15) is 0 Å². The zero-order valence-corrected chi connectivity index (χ0v) is 21.9. The summed E-state index contributed by atoms with van der Waals surface area (Å²) in [6, 6.07) is 11.3. The van der Waals surface area contributed by atoms with E-state index < -0.39 is 20.2 Å². The highest BCUT2D eigenvalue weighted by molar-refractivity contribution is 7.85. The van der Waals surface area contributed by atoms with E-state index in [4.69, 9.17) is 20.6 Å². The van der Waals surface area contributed by atoms with Crippen molar-refractivity contribution in [3.05, 3.63) is 47.5 Å². The first-order valence-corrected chi connectivity index (χ1v) is 14.3. The molecule has 1 aromatic heterocycles. The lowest BCUT2D eigenvalue weighted by Crippen LogP contribution is -2.43. The van der Waals surface area contributed by atoms with Gasteiger partial charge in [0.25, 0.3) is 32.1 Å². The number of hydrogen-bond donors (Lipinski definition) is 4. The first-order valence-electron chi connectivity index (χ1n) is 10.6. The van der Waals surface area contributed by atoms with Crippen LogP contribution in [0.5, 0.6) is 0 Å². The molecular formula is C22H30N4O8S2. The number of benzene rings is 2. The van der Waals surface area contributed by atoms with Crippen LogP contribution in [-0.4, -0.2) is 78.9 Å². The van der Waals surface area contributed by atoms with Crippen molar-refractivity contribution in [3.63, 3.8) is 0 Å². The topological polar surface area (TPSA) is 203 Å². The Kier molecular flexibility index (Phi) is 8.99. The molecule has 1 aliphatic heterocycles. The van der Waals surface area contributed by atoms with Crippen molar-refractivity contribution in [2.24, 2.45) is 24.4 Å². The number of imide groups is 1. The summed E-state index contributed by atoms with van der Waals surface area (Å²) >= 11 is 0. The SMILES string of the molecule is CS(=O)(=O)O.CS(=O)(=O)O.C[C@H](CN1C(=O)c2ccc3c(c2C1=O)c1ccccc1n3C)C(N)CN. The van der Waals surface area contributed by atoms with Gasteiger partial charge < -0.3 is 16.0 Å². The minimum absolute atomic E-state index is 0.0646. The lowest BCUT2D eigenvalue weighted by molar-refractivity contribution is 0.0627. The van der Waals surface area contributed by atoms with E-state index in [1.807, 2.05) is 44.3 Å². The molecule has 1 aliphatic rings. The summed E-state index contributed by atoms with van der Waals surface area (Å²) in [5, 5.41) is 1.83. The normalized spacial score (nSPS) is 15.2. The number of nitrogens with zero attached hydrogens (tertiary/aromatic N) is 2. The second-order valence-electron chi connectivity index (χ2n) is 8.52. The maximum absolute atomic E-state index is 13.1. The van der Waals surface area contributed by atoms with E-state index >= 15 is 0 Å². The van der Waals surface area contributed by atoms with Crippen LogP contribution in [0.25, 0.3) is 21.8 Å². The van der Waals surface area contributed by atoms with Gasteiger partial charge in [0.05, 0.1) is 23.6 Å². The summed E-state index contributed by atoms with van der Waals surface area (Å²) in [7, 11) is -5.36. The minimum atomic E-state index is -3.67. The van der Waals surface area contributed by atoms with Crippen LogP contribution in [0.1, 0.15) is 27.6 Å². The van der Waals surface area contributed by atoms with E-state index in [1.165, 1.54) is 4.90 Å². The van der Waals surface area contributed by atoms with E-state index in [0.717, 1.165) is 21.8 Å². The number of fused-ring (bicyclic) bond motifs is 5. The Morgan fingerprint density at radius 1 is 0.917 bits per heavy atom. The van der Waals surface area contributed by atoms with Crippen molar-refractivity contribution >= 4 is 53.9 Å². The van der Waals surface area contributed by atoms with Crippen molar-refractivity contribution in [2.75, 3.05) is 25.6 Å². The van der Waals surface area contributed by atoms with E-state index in [-0.39, 0.29) is 30.3 Å². The van der Waals surface area contributed by atoms with Crippen LogP contribution in [0, 0.1) is 5.92 Å². The summed E-state index contributed by atoms with van der Waals surface area (Å²) in [5.74, 6) is -0.566. The molecule has 0 saturated heterocycles. The van der Waals surface area contributed by atoms with Gasteiger partial charge >= 0.3 is 0 Å². The molecule has 0 bridgehead atoms. The molecule has 6 N–H and O–H groups in total. The quantitative estimate of drug-likeness (QED) is 0.270. The van der Waals surface area contributed by atoms with E-state index in [9.17, 15) is 26.4 Å². The Labute approximate surface area is 209 Å². The molecule has 12 nitrogen and oxygen atoms in total. The number of para-hydroxylation sites is 1. The number of carbonyl (C=O) groups is 2. The maximum atomic E-state index is 13.1. The van der Waals surface area contributed by atoms with Crippen LogP contribution in [0.15, 0.2) is 36.4 Å². The fourth-order valence-electron chi connectivity index (χ4n) is 3.85. The smallest absolute Gasteiger partial charge is 0.262 e. The first-order chi connectivity index (χ1) is 16.5. The van der Waals surface area contributed by atoms with Crippen molar-refractivity contribution in [1.29, 1.82) is 0 Å². The van der Waals surface area contributed by atoms with Crippen LogP contribution < -0.4 is 11.5 Å². The Bertz CT molecular complexity index is 1470. The van der Waals surface area contributed by atoms with Crippen molar-refractivity contribution in [3.8, 4) is 0 Å². The standard InChI is InChI=1S/C20H22N4O2.2CH4O3S/c1-11(14(22)9-21)10-24-19(25)13-7-8-16-17(18(13)20(24)26)12-5-3-4-6-15(12)23(16)2;2*1-5(2,3)4/h3-8,11,14H,9-10,21-22H2,1-2H3;2*1H3,(H,2,3,4)/t11-,14?;;/m1../s1. The van der Waals surface area contributed by atoms with Crippen LogP contribution >= 0.6 is 0 Å². The van der Waals surface area contributed by atoms with Gasteiger partial charge in [0.2, 0.25) is 0 Å². The van der Waals surface area contributed by atoms with E-state index in [1.54, 1.807) is 6.07 Å². The third-order valence-corrected chi connectivity index (χ3v) is 5.49. The van der Waals surface area contributed by atoms with Gasteiger partial charge in [-0.15, -0.1) is 0 Å². The molecule has 0 radical (unpaired) electrons. The summed E-state index contributed by atoms with van der Waals surface area (Å²) in [6.07, 6.45) is 1.43. The molecule has 0 spiro atoms. The molecule has 36 heavy (non-hydrogen) atoms. The lowest BCUT2D eigenvalue weighted by atomic mass is 10.0. The third-order valence-electron chi connectivity index (χ3n) is 5.49. The molecule has 3 aromatic rings. The van der Waals surface area contributed by atoms with Crippen molar-refractivity contribution in [2.45, 2.75) is 13.0 Å². The largest absolute Gasteiger partial charge is 0.344 e. The molecular weight excluding hydrogens is 512 g/mol. The van der Waals surface area contributed by atoms with Gasteiger partial charge in [-0.05, 0) is 24.1 Å². The second kappa shape index (κ2) is 11.0. The molecule has 2 aromatic carbocycles. The highest BCUT2D eigenvalue weighted by atomic mass is 32.2. The fraction of sp³-hybridized carbons (Fsp3) is 0.364. The maximum Gasteiger partial charge on any atom is 0.262 e. The number of nitrogens with two attached hydrogens (primary N) is 2. The van der Waals surface area contributed by atoms with Crippen molar-refractivity contribution in [1.82, 2.24) is 9.47 Å². The number of amides is 2. The molecule has 2 amide bonds.